The Hall–Kier alpha value is -1.57. The number of hydrogen-bond acceptors (Lipinski definition) is 2. The highest BCUT2D eigenvalue weighted by molar-refractivity contribution is 5.91. The fraction of sp³-hybridized carbons (Fsp3) is 0.308. The lowest BCUT2D eigenvalue weighted by Gasteiger charge is -1.94. The third kappa shape index (κ3) is 1.29. The second-order valence-corrected chi connectivity index (χ2v) is 4.27. The molecule has 3 rings (SSSR count). The summed E-state index contributed by atoms with van der Waals surface area (Å²) in [6.07, 6.45) is 3.20. The average Bonchev–Trinajstić information content (AvgIpc) is 2.99. The van der Waals surface area contributed by atoms with Crippen molar-refractivity contribution in [3.63, 3.8) is 0 Å². The summed E-state index contributed by atoms with van der Waals surface area (Å²) in [7, 11) is 0. The van der Waals surface area contributed by atoms with Gasteiger partial charge in [0, 0.05) is 10.9 Å². The second kappa shape index (κ2) is 2.96. The fourth-order valence-corrected chi connectivity index (χ4v) is 2.12. The molecule has 2 aromatic rings. The minimum atomic E-state index is 0.526. The maximum absolute atomic E-state index is 10.9. The van der Waals surface area contributed by atoms with Crippen LogP contribution >= 0.6 is 0 Å². The first-order valence-electron chi connectivity index (χ1n) is 5.28. The van der Waals surface area contributed by atoms with Gasteiger partial charge in [0.05, 0.1) is 0 Å². The van der Waals surface area contributed by atoms with Crippen LogP contribution in [0, 0.1) is 6.92 Å². The van der Waals surface area contributed by atoms with E-state index < -0.39 is 0 Å². The van der Waals surface area contributed by atoms with Crippen molar-refractivity contribution in [3.8, 4) is 0 Å². The van der Waals surface area contributed by atoms with Gasteiger partial charge in [-0.1, -0.05) is 12.1 Å². The minimum Gasteiger partial charge on any atom is -0.453 e. The van der Waals surface area contributed by atoms with E-state index in [9.17, 15) is 4.79 Å². The molecular weight excluding hydrogens is 188 g/mol. The minimum absolute atomic E-state index is 0.526. The van der Waals surface area contributed by atoms with Crippen LogP contribution in [0.4, 0.5) is 0 Å². The van der Waals surface area contributed by atoms with Gasteiger partial charge in [0.1, 0.15) is 5.58 Å². The van der Waals surface area contributed by atoms with E-state index >= 15 is 0 Å². The average molecular weight is 200 g/mol. The zero-order valence-corrected chi connectivity index (χ0v) is 8.62. The first kappa shape index (κ1) is 8.72. The van der Waals surface area contributed by atoms with Crippen LogP contribution < -0.4 is 0 Å². The summed E-state index contributed by atoms with van der Waals surface area (Å²) in [5, 5.41) is 1.12. The number of fused-ring (bicyclic) bond motifs is 1. The molecule has 0 saturated heterocycles. The molecule has 0 amide bonds. The lowest BCUT2D eigenvalue weighted by molar-refractivity contribution is 0.110. The van der Waals surface area contributed by atoms with Crippen LogP contribution in [-0.2, 0) is 0 Å². The third-order valence-electron chi connectivity index (χ3n) is 3.01. The van der Waals surface area contributed by atoms with Gasteiger partial charge in [-0.05, 0) is 37.3 Å². The standard InChI is InChI=1S/C13H12O2/c1-8-2-5-10-11(6-8)15-12(7-14)13(10)9-3-4-9/h2,5-7,9H,3-4H2,1H3. The predicted octanol–water partition coefficient (Wildman–Crippen LogP) is 3.43. The van der Waals surface area contributed by atoms with Crippen LogP contribution in [-0.4, -0.2) is 6.29 Å². The molecule has 1 saturated carbocycles. The summed E-state index contributed by atoms with van der Waals surface area (Å²) >= 11 is 0. The first-order chi connectivity index (χ1) is 7.29. The molecule has 0 unspecified atom stereocenters. The van der Waals surface area contributed by atoms with E-state index in [0.717, 1.165) is 28.4 Å². The highest BCUT2D eigenvalue weighted by Crippen LogP contribution is 2.45. The molecule has 0 atom stereocenters. The van der Waals surface area contributed by atoms with Gasteiger partial charge in [0.15, 0.2) is 12.0 Å². The molecule has 76 valence electrons. The molecule has 0 spiro atoms. The van der Waals surface area contributed by atoms with Gasteiger partial charge >= 0.3 is 0 Å². The van der Waals surface area contributed by atoms with Crippen molar-refractivity contribution in [2.75, 3.05) is 0 Å². The van der Waals surface area contributed by atoms with Gasteiger partial charge in [-0.2, -0.15) is 0 Å². The van der Waals surface area contributed by atoms with Crippen molar-refractivity contribution in [1.29, 1.82) is 0 Å². The molecule has 1 fully saturated rings. The van der Waals surface area contributed by atoms with Gasteiger partial charge in [0.25, 0.3) is 0 Å². The Labute approximate surface area is 87.9 Å². The normalized spacial score (nSPS) is 15.8. The van der Waals surface area contributed by atoms with E-state index in [1.165, 1.54) is 12.8 Å². The molecule has 0 bridgehead atoms. The lowest BCUT2D eigenvalue weighted by atomic mass is 10.1. The maximum Gasteiger partial charge on any atom is 0.185 e. The van der Waals surface area contributed by atoms with Crippen LogP contribution in [0.25, 0.3) is 11.0 Å². The third-order valence-corrected chi connectivity index (χ3v) is 3.01. The van der Waals surface area contributed by atoms with Gasteiger partial charge in [-0.3, -0.25) is 4.79 Å². The Morgan fingerprint density at radius 2 is 2.20 bits per heavy atom. The molecule has 1 aliphatic rings. The van der Waals surface area contributed by atoms with E-state index in [1.54, 1.807) is 0 Å². The number of carbonyl (C=O) groups excluding carboxylic acids is 1. The Kier molecular flexibility index (Phi) is 1.72. The van der Waals surface area contributed by atoms with Gasteiger partial charge in [-0.25, -0.2) is 0 Å². The van der Waals surface area contributed by atoms with Crippen LogP contribution in [0.2, 0.25) is 0 Å². The first-order valence-corrected chi connectivity index (χ1v) is 5.28. The summed E-state index contributed by atoms with van der Waals surface area (Å²) in [6, 6.07) is 6.13. The summed E-state index contributed by atoms with van der Waals surface area (Å²) in [5.41, 5.74) is 3.13. The maximum atomic E-state index is 10.9. The SMILES string of the molecule is Cc1ccc2c(C3CC3)c(C=O)oc2c1. The second-order valence-electron chi connectivity index (χ2n) is 4.27. The molecule has 1 aliphatic carbocycles. The summed E-state index contributed by atoms with van der Waals surface area (Å²) in [4.78, 5) is 10.9. The Morgan fingerprint density at radius 1 is 1.40 bits per heavy atom. The Bertz CT molecular complexity index is 533. The number of rotatable bonds is 2. The fourth-order valence-electron chi connectivity index (χ4n) is 2.12. The molecule has 0 aliphatic heterocycles. The molecular formula is C13H12O2. The molecule has 0 N–H and O–H groups in total. The number of aryl methyl sites for hydroxylation is 1. The molecule has 1 aromatic carbocycles. The molecule has 0 radical (unpaired) electrons. The summed E-state index contributed by atoms with van der Waals surface area (Å²) in [5.74, 6) is 1.08. The van der Waals surface area contributed by atoms with E-state index in [-0.39, 0.29) is 0 Å². The quantitative estimate of drug-likeness (QED) is 0.695. The Balaban J connectivity index is 2.33. The van der Waals surface area contributed by atoms with Crippen molar-refractivity contribution in [3.05, 3.63) is 35.1 Å². The van der Waals surface area contributed by atoms with Crippen molar-refractivity contribution < 1.29 is 9.21 Å². The van der Waals surface area contributed by atoms with Crippen LogP contribution in [0.15, 0.2) is 22.6 Å². The highest BCUT2D eigenvalue weighted by Gasteiger charge is 2.30. The highest BCUT2D eigenvalue weighted by atomic mass is 16.3. The van der Waals surface area contributed by atoms with Crippen molar-refractivity contribution >= 4 is 17.3 Å². The summed E-state index contributed by atoms with van der Waals surface area (Å²) in [6.45, 7) is 2.03. The molecule has 2 nitrogen and oxygen atoms in total. The van der Waals surface area contributed by atoms with Crippen LogP contribution in [0.1, 0.15) is 40.4 Å². The number of aldehydes is 1. The smallest absolute Gasteiger partial charge is 0.185 e. The van der Waals surface area contributed by atoms with Crippen molar-refractivity contribution in [2.24, 2.45) is 0 Å². The van der Waals surface area contributed by atoms with E-state index in [0.29, 0.717) is 11.7 Å². The Morgan fingerprint density at radius 3 is 2.87 bits per heavy atom. The predicted molar refractivity (Wildman–Crippen MR) is 58.3 cm³/mol. The molecule has 1 aromatic heterocycles. The van der Waals surface area contributed by atoms with Crippen LogP contribution in [0.3, 0.4) is 0 Å². The lowest BCUT2D eigenvalue weighted by Crippen LogP contribution is -1.83. The summed E-state index contributed by atoms with van der Waals surface area (Å²) < 4.78 is 5.56. The molecule has 2 heteroatoms. The monoisotopic (exact) mass is 200 g/mol. The molecule has 1 heterocycles. The van der Waals surface area contributed by atoms with Crippen LogP contribution in [0.5, 0.6) is 0 Å². The van der Waals surface area contributed by atoms with E-state index in [2.05, 4.69) is 12.1 Å². The number of hydrogen-bond donors (Lipinski definition) is 0. The number of carbonyl (C=O) groups is 1. The zero-order valence-electron chi connectivity index (χ0n) is 8.62. The van der Waals surface area contributed by atoms with Crippen molar-refractivity contribution in [1.82, 2.24) is 0 Å². The number of benzene rings is 1. The van der Waals surface area contributed by atoms with Gasteiger partial charge in [-0.15, -0.1) is 0 Å². The van der Waals surface area contributed by atoms with Gasteiger partial charge in [0.2, 0.25) is 0 Å². The largest absolute Gasteiger partial charge is 0.453 e. The molecule has 15 heavy (non-hydrogen) atoms. The topological polar surface area (TPSA) is 30.2 Å². The van der Waals surface area contributed by atoms with Crippen molar-refractivity contribution in [2.45, 2.75) is 25.7 Å². The van der Waals surface area contributed by atoms with E-state index in [4.69, 9.17) is 4.42 Å². The number of furan rings is 1. The zero-order chi connectivity index (χ0) is 10.4. The van der Waals surface area contributed by atoms with E-state index in [1.807, 2.05) is 13.0 Å². The van der Waals surface area contributed by atoms with Gasteiger partial charge < -0.3 is 4.42 Å².